The summed E-state index contributed by atoms with van der Waals surface area (Å²) in [5.74, 6) is 1.12. The number of carbonyl (C=O) groups excluding carboxylic acids is 2. The van der Waals surface area contributed by atoms with Crippen molar-refractivity contribution in [3.05, 3.63) is 12.2 Å². The van der Waals surface area contributed by atoms with E-state index >= 15 is 0 Å². The van der Waals surface area contributed by atoms with Crippen LogP contribution in [0.3, 0.4) is 0 Å². The molecular weight excluding hydrogens is 382 g/mol. The summed E-state index contributed by atoms with van der Waals surface area (Å²) in [5, 5.41) is 6.53. The summed E-state index contributed by atoms with van der Waals surface area (Å²) in [6, 6.07) is 0. The molecule has 0 spiro atoms. The lowest BCUT2D eigenvalue weighted by atomic mass is 9.85. The number of nitrogens with zero attached hydrogens (tertiary/aromatic N) is 3. The highest BCUT2D eigenvalue weighted by molar-refractivity contribution is 6.06. The number of carbonyl (C=O) groups is 2. The number of imide groups is 1. The Labute approximate surface area is 179 Å². The third-order valence-corrected chi connectivity index (χ3v) is 6.79. The molecule has 2 N–H and O–H groups in total. The van der Waals surface area contributed by atoms with E-state index in [1.165, 1.54) is 4.90 Å². The first-order valence-corrected chi connectivity index (χ1v) is 11.5. The summed E-state index contributed by atoms with van der Waals surface area (Å²) in [4.78, 5) is 34.1. The summed E-state index contributed by atoms with van der Waals surface area (Å²) >= 11 is 0. The van der Waals surface area contributed by atoms with Gasteiger partial charge in [0.15, 0.2) is 5.96 Å². The van der Waals surface area contributed by atoms with Crippen molar-refractivity contribution in [2.45, 2.75) is 26.2 Å². The number of hydrogen-bond donors (Lipinski definition) is 2. The van der Waals surface area contributed by atoms with Gasteiger partial charge in [0, 0.05) is 39.3 Å². The second kappa shape index (κ2) is 9.92. The highest BCUT2D eigenvalue weighted by atomic mass is 16.5. The Morgan fingerprint density at radius 1 is 1.07 bits per heavy atom. The second-order valence-corrected chi connectivity index (χ2v) is 8.68. The number of unbranched alkanes of at least 4 members (excludes halogenated alkanes) is 1. The van der Waals surface area contributed by atoms with E-state index in [0.29, 0.717) is 13.1 Å². The molecule has 4 atom stereocenters. The first-order valence-electron chi connectivity index (χ1n) is 11.5. The largest absolute Gasteiger partial charge is 0.379 e. The summed E-state index contributed by atoms with van der Waals surface area (Å²) in [5.41, 5.74) is 0. The average molecular weight is 418 g/mol. The number of rotatable bonds is 9. The first kappa shape index (κ1) is 21.3. The van der Waals surface area contributed by atoms with Crippen LogP contribution in [0.2, 0.25) is 0 Å². The Kier molecular flexibility index (Phi) is 7.04. The molecule has 0 radical (unpaired) electrons. The highest BCUT2D eigenvalue weighted by Gasteiger charge is 2.58. The molecule has 0 aromatic rings. The van der Waals surface area contributed by atoms with Crippen LogP contribution in [0, 0.1) is 23.7 Å². The van der Waals surface area contributed by atoms with Gasteiger partial charge >= 0.3 is 0 Å². The van der Waals surface area contributed by atoms with Crippen molar-refractivity contribution < 1.29 is 14.3 Å². The number of allylic oxidation sites excluding steroid dienone is 2. The zero-order chi connectivity index (χ0) is 20.9. The maximum absolute atomic E-state index is 12.7. The molecule has 2 amide bonds. The third-order valence-electron chi connectivity index (χ3n) is 6.79. The molecule has 2 aliphatic carbocycles. The Hall–Kier alpha value is -1.93. The van der Waals surface area contributed by atoms with Crippen molar-refractivity contribution in [1.82, 2.24) is 20.4 Å². The molecule has 3 fully saturated rings. The standard InChI is InChI=1S/C22H35N5O3/c1-2-23-22(24-7-3-4-9-26-11-13-30-14-12-26)25-8-10-27-20(28)18-16-5-6-17(15-16)19(18)21(27)29/h5-6,16-19H,2-4,7-15H2,1H3,(H2,23,24,25). The Morgan fingerprint density at radius 3 is 2.43 bits per heavy atom. The topological polar surface area (TPSA) is 86.3 Å². The van der Waals surface area contributed by atoms with Crippen molar-refractivity contribution in [3.8, 4) is 0 Å². The fourth-order valence-corrected chi connectivity index (χ4v) is 5.28. The molecule has 2 heterocycles. The predicted molar refractivity (Wildman–Crippen MR) is 115 cm³/mol. The number of ether oxygens (including phenoxy) is 1. The number of fused-ring (bicyclic) bond motifs is 5. The van der Waals surface area contributed by atoms with Gasteiger partial charge in [0.2, 0.25) is 11.8 Å². The predicted octanol–water partition coefficient (Wildman–Crippen LogP) is 0.461. The van der Waals surface area contributed by atoms with Gasteiger partial charge in [-0.25, -0.2) is 0 Å². The number of aliphatic imine (C=N–C) groups is 1. The lowest BCUT2D eigenvalue weighted by molar-refractivity contribution is -0.140. The molecule has 4 aliphatic rings. The normalized spacial score (nSPS) is 31.0. The van der Waals surface area contributed by atoms with Crippen LogP contribution in [0.1, 0.15) is 26.2 Å². The monoisotopic (exact) mass is 417 g/mol. The highest BCUT2D eigenvalue weighted by Crippen LogP contribution is 2.52. The second-order valence-electron chi connectivity index (χ2n) is 8.68. The fraction of sp³-hybridized carbons (Fsp3) is 0.773. The molecule has 30 heavy (non-hydrogen) atoms. The van der Waals surface area contributed by atoms with Crippen LogP contribution in [0.15, 0.2) is 17.1 Å². The quantitative estimate of drug-likeness (QED) is 0.186. The van der Waals surface area contributed by atoms with Crippen LogP contribution < -0.4 is 10.6 Å². The van der Waals surface area contributed by atoms with E-state index in [0.717, 1.165) is 71.2 Å². The zero-order valence-electron chi connectivity index (χ0n) is 18.0. The van der Waals surface area contributed by atoms with Gasteiger partial charge in [-0.15, -0.1) is 0 Å². The fourth-order valence-electron chi connectivity index (χ4n) is 5.28. The molecular formula is C22H35N5O3. The number of guanidine groups is 1. The van der Waals surface area contributed by atoms with E-state index in [9.17, 15) is 9.59 Å². The van der Waals surface area contributed by atoms with Gasteiger partial charge in [0.25, 0.3) is 0 Å². The van der Waals surface area contributed by atoms with Gasteiger partial charge in [-0.2, -0.15) is 0 Å². The van der Waals surface area contributed by atoms with Crippen LogP contribution >= 0.6 is 0 Å². The van der Waals surface area contributed by atoms with Gasteiger partial charge in [0.05, 0.1) is 25.0 Å². The van der Waals surface area contributed by atoms with Gasteiger partial charge in [-0.3, -0.25) is 24.4 Å². The van der Waals surface area contributed by atoms with Crippen LogP contribution in [0.5, 0.6) is 0 Å². The average Bonchev–Trinajstić information content (AvgIpc) is 3.44. The maximum Gasteiger partial charge on any atom is 0.233 e. The molecule has 2 bridgehead atoms. The smallest absolute Gasteiger partial charge is 0.233 e. The molecule has 2 aliphatic heterocycles. The minimum atomic E-state index is -0.110. The molecule has 1 saturated carbocycles. The molecule has 0 aromatic carbocycles. The molecule has 2 saturated heterocycles. The van der Waals surface area contributed by atoms with E-state index in [-0.39, 0.29) is 35.5 Å². The van der Waals surface area contributed by atoms with Crippen molar-refractivity contribution in [3.63, 3.8) is 0 Å². The van der Waals surface area contributed by atoms with Crippen LogP contribution in [-0.2, 0) is 14.3 Å². The maximum atomic E-state index is 12.7. The van der Waals surface area contributed by atoms with Crippen molar-refractivity contribution in [2.75, 3.05) is 59.0 Å². The molecule has 0 aromatic heterocycles. The number of nitrogens with one attached hydrogen (secondary N) is 2. The van der Waals surface area contributed by atoms with E-state index in [2.05, 4.69) is 32.7 Å². The Bertz CT molecular complexity index is 658. The third kappa shape index (κ3) is 4.54. The molecule has 8 nitrogen and oxygen atoms in total. The zero-order valence-corrected chi connectivity index (χ0v) is 18.0. The van der Waals surface area contributed by atoms with Crippen molar-refractivity contribution in [1.29, 1.82) is 0 Å². The minimum Gasteiger partial charge on any atom is -0.379 e. The first-order chi connectivity index (χ1) is 14.7. The summed E-state index contributed by atoms with van der Waals surface area (Å²) in [6.07, 6.45) is 7.40. The van der Waals surface area contributed by atoms with Crippen molar-refractivity contribution >= 4 is 17.8 Å². The van der Waals surface area contributed by atoms with Crippen LogP contribution in [0.4, 0.5) is 0 Å². The Balaban J connectivity index is 1.18. The van der Waals surface area contributed by atoms with Crippen LogP contribution in [0.25, 0.3) is 0 Å². The molecule has 4 rings (SSSR count). The number of morpholine rings is 1. The van der Waals surface area contributed by atoms with E-state index in [1.807, 2.05) is 6.92 Å². The van der Waals surface area contributed by atoms with Gasteiger partial charge in [-0.1, -0.05) is 12.2 Å². The van der Waals surface area contributed by atoms with Gasteiger partial charge in [0.1, 0.15) is 0 Å². The van der Waals surface area contributed by atoms with E-state index in [1.54, 1.807) is 0 Å². The van der Waals surface area contributed by atoms with Crippen molar-refractivity contribution in [2.24, 2.45) is 28.7 Å². The molecule has 166 valence electrons. The molecule has 4 unspecified atom stereocenters. The lowest BCUT2D eigenvalue weighted by Gasteiger charge is -2.26. The summed E-state index contributed by atoms with van der Waals surface area (Å²) in [7, 11) is 0. The van der Waals surface area contributed by atoms with Gasteiger partial charge in [-0.05, 0) is 44.6 Å². The number of amides is 2. The Morgan fingerprint density at radius 2 is 1.77 bits per heavy atom. The summed E-state index contributed by atoms with van der Waals surface area (Å²) < 4.78 is 5.38. The SMILES string of the molecule is CCNC(=NCCCCN1CCOCC1)NCCN1C(=O)C2C3C=CC(C3)C2C1=O. The van der Waals surface area contributed by atoms with Gasteiger partial charge < -0.3 is 15.4 Å². The van der Waals surface area contributed by atoms with Crippen LogP contribution in [-0.4, -0.2) is 86.6 Å². The number of likely N-dealkylation sites (tertiary alicyclic amines) is 1. The minimum absolute atomic E-state index is 0.0219. The lowest BCUT2D eigenvalue weighted by Crippen LogP contribution is -2.43. The van der Waals surface area contributed by atoms with E-state index < -0.39 is 0 Å². The number of hydrogen-bond acceptors (Lipinski definition) is 5. The molecule has 8 heteroatoms. The van der Waals surface area contributed by atoms with E-state index in [4.69, 9.17) is 4.74 Å². The summed E-state index contributed by atoms with van der Waals surface area (Å²) in [6.45, 7) is 9.35.